The molecule has 0 unspecified atom stereocenters. The summed E-state index contributed by atoms with van der Waals surface area (Å²) < 4.78 is 11.7. The Balaban J connectivity index is 1.80. The van der Waals surface area contributed by atoms with Gasteiger partial charge in [0, 0.05) is 13.1 Å². The SMILES string of the molecule is COc1ccccc1OCC#CCNC(=O)c1ccc(=O)n(C)n1. The number of benzene rings is 1. The van der Waals surface area contributed by atoms with Gasteiger partial charge in [-0.25, -0.2) is 4.68 Å². The largest absolute Gasteiger partial charge is 0.493 e. The lowest BCUT2D eigenvalue weighted by molar-refractivity contribution is 0.0951. The van der Waals surface area contributed by atoms with Gasteiger partial charge >= 0.3 is 0 Å². The molecule has 2 aromatic rings. The number of nitrogens with one attached hydrogen (secondary N) is 1. The molecule has 0 aliphatic rings. The third kappa shape index (κ3) is 4.61. The molecule has 1 heterocycles. The van der Waals surface area contributed by atoms with Crippen LogP contribution in [0.5, 0.6) is 11.5 Å². The van der Waals surface area contributed by atoms with E-state index in [1.807, 2.05) is 12.1 Å². The molecule has 0 aliphatic carbocycles. The van der Waals surface area contributed by atoms with E-state index in [1.54, 1.807) is 19.2 Å². The number of aromatic nitrogens is 2. The summed E-state index contributed by atoms with van der Waals surface area (Å²) in [7, 11) is 3.05. The van der Waals surface area contributed by atoms with Crippen molar-refractivity contribution in [3.63, 3.8) is 0 Å². The standard InChI is InChI=1S/C17H17N3O4/c1-20-16(21)10-9-13(19-20)17(22)18-11-5-6-12-24-15-8-4-3-7-14(15)23-2/h3-4,7-10H,11-12H2,1-2H3,(H,18,22). The Kier molecular flexibility index (Phi) is 5.97. The van der Waals surface area contributed by atoms with Gasteiger partial charge in [-0.3, -0.25) is 9.59 Å². The van der Waals surface area contributed by atoms with Crippen LogP contribution in [-0.2, 0) is 7.05 Å². The number of rotatable bonds is 5. The summed E-state index contributed by atoms with van der Waals surface area (Å²) in [6.07, 6.45) is 0. The molecular weight excluding hydrogens is 310 g/mol. The van der Waals surface area contributed by atoms with Crippen molar-refractivity contribution < 1.29 is 14.3 Å². The molecule has 2 rings (SSSR count). The second-order valence-electron chi connectivity index (χ2n) is 4.66. The topological polar surface area (TPSA) is 82.5 Å². The summed E-state index contributed by atoms with van der Waals surface area (Å²) in [6.45, 7) is 0.326. The molecule has 0 spiro atoms. The van der Waals surface area contributed by atoms with E-state index < -0.39 is 5.91 Å². The van der Waals surface area contributed by atoms with E-state index in [4.69, 9.17) is 9.47 Å². The van der Waals surface area contributed by atoms with Gasteiger partial charge in [-0.1, -0.05) is 24.0 Å². The highest BCUT2D eigenvalue weighted by molar-refractivity contribution is 5.92. The van der Waals surface area contributed by atoms with Crippen molar-refractivity contribution in [3.8, 4) is 23.3 Å². The van der Waals surface area contributed by atoms with Crippen LogP contribution in [0.2, 0.25) is 0 Å². The lowest BCUT2D eigenvalue weighted by Crippen LogP contribution is -2.28. The van der Waals surface area contributed by atoms with Crippen LogP contribution in [0, 0.1) is 11.8 Å². The lowest BCUT2D eigenvalue weighted by Gasteiger charge is -2.07. The molecule has 0 saturated heterocycles. The van der Waals surface area contributed by atoms with Gasteiger partial charge in [-0.2, -0.15) is 5.10 Å². The maximum Gasteiger partial charge on any atom is 0.272 e. The maximum atomic E-state index is 11.8. The second-order valence-corrected chi connectivity index (χ2v) is 4.66. The summed E-state index contributed by atoms with van der Waals surface area (Å²) in [5.41, 5.74) is -0.121. The molecule has 1 N–H and O–H groups in total. The Bertz CT molecular complexity index is 833. The number of hydrogen-bond donors (Lipinski definition) is 1. The molecule has 0 radical (unpaired) electrons. The normalized spacial score (nSPS) is 9.58. The minimum absolute atomic E-state index is 0.151. The summed E-state index contributed by atoms with van der Waals surface area (Å²) in [6, 6.07) is 9.92. The minimum Gasteiger partial charge on any atom is -0.493 e. The first-order chi connectivity index (χ1) is 11.6. The fourth-order valence-electron chi connectivity index (χ4n) is 1.80. The highest BCUT2D eigenvalue weighted by Crippen LogP contribution is 2.25. The highest BCUT2D eigenvalue weighted by Gasteiger charge is 2.06. The van der Waals surface area contributed by atoms with Crippen molar-refractivity contribution in [2.75, 3.05) is 20.3 Å². The third-order valence-electron chi connectivity index (χ3n) is 3.02. The second kappa shape index (κ2) is 8.39. The zero-order valence-electron chi connectivity index (χ0n) is 13.4. The molecule has 7 heteroatoms. The van der Waals surface area contributed by atoms with E-state index in [1.165, 1.54) is 19.2 Å². The molecular formula is C17H17N3O4. The van der Waals surface area contributed by atoms with Gasteiger partial charge in [0.25, 0.3) is 11.5 Å². The fraction of sp³-hybridized carbons (Fsp3) is 0.235. The van der Waals surface area contributed by atoms with E-state index in [-0.39, 0.29) is 24.4 Å². The quantitative estimate of drug-likeness (QED) is 0.813. The molecule has 0 atom stereocenters. The van der Waals surface area contributed by atoms with E-state index >= 15 is 0 Å². The van der Waals surface area contributed by atoms with E-state index in [0.717, 1.165) is 4.68 Å². The Labute approximate surface area is 139 Å². The first-order valence-corrected chi connectivity index (χ1v) is 7.16. The average Bonchev–Trinajstić information content (AvgIpc) is 2.60. The van der Waals surface area contributed by atoms with Crippen LogP contribution >= 0.6 is 0 Å². The van der Waals surface area contributed by atoms with Crippen LogP contribution in [0.3, 0.4) is 0 Å². The first-order valence-electron chi connectivity index (χ1n) is 7.16. The van der Waals surface area contributed by atoms with Gasteiger partial charge in [0.2, 0.25) is 0 Å². The summed E-state index contributed by atoms with van der Waals surface area (Å²) >= 11 is 0. The highest BCUT2D eigenvalue weighted by atomic mass is 16.5. The maximum absolute atomic E-state index is 11.8. The smallest absolute Gasteiger partial charge is 0.272 e. The Morgan fingerprint density at radius 2 is 1.96 bits per heavy atom. The van der Waals surface area contributed by atoms with Crippen molar-refractivity contribution in [1.29, 1.82) is 0 Å². The number of ether oxygens (including phenoxy) is 2. The predicted octanol–water partition coefficient (Wildman–Crippen LogP) is 0.601. The zero-order valence-corrected chi connectivity index (χ0v) is 13.4. The van der Waals surface area contributed by atoms with Crippen LogP contribution < -0.4 is 20.3 Å². The van der Waals surface area contributed by atoms with E-state index in [9.17, 15) is 9.59 Å². The molecule has 0 bridgehead atoms. The van der Waals surface area contributed by atoms with Gasteiger partial charge in [0.1, 0.15) is 12.3 Å². The van der Waals surface area contributed by atoms with Crippen molar-refractivity contribution in [1.82, 2.24) is 15.1 Å². The number of para-hydroxylation sites is 2. The third-order valence-corrected chi connectivity index (χ3v) is 3.02. The molecule has 1 amide bonds. The van der Waals surface area contributed by atoms with E-state index in [2.05, 4.69) is 22.3 Å². The molecule has 0 saturated carbocycles. The van der Waals surface area contributed by atoms with E-state index in [0.29, 0.717) is 11.5 Å². The van der Waals surface area contributed by atoms with Crippen LogP contribution in [0.1, 0.15) is 10.5 Å². The Morgan fingerprint density at radius 1 is 1.21 bits per heavy atom. The molecule has 0 fully saturated rings. The Morgan fingerprint density at radius 3 is 2.67 bits per heavy atom. The van der Waals surface area contributed by atoms with Crippen LogP contribution in [0.4, 0.5) is 0 Å². The van der Waals surface area contributed by atoms with Gasteiger partial charge in [0.05, 0.1) is 13.7 Å². The molecule has 0 aliphatic heterocycles. The van der Waals surface area contributed by atoms with Crippen LogP contribution in [0.25, 0.3) is 0 Å². The van der Waals surface area contributed by atoms with Crippen molar-refractivity contribution >= 4 is 5.91 Å². The zero-order chi connectivity index (χ0) is 17.4. The molecule has 24 heavy (non-hydrogen) atoms. The summed E-state index contributed by atoms with van der Waals surface area (Å²) in [4.78, 5) is 23.1. The van der Waals surface area contributed by atoms with Crippen LogP contribution in [-0.4, -0.2) is 35.9 Å². The van der Waals surface area contributed by atoms with Gasteiger partial charge in [-0.05, 0) is 18.2 Å². The number of amides is 1. The van der Waals surface area contributed by atoms with Crippen molar-refractivity contribution in [3.05, 3.63) is 52.4 Å². The van der Waals surface area contributed by atoms with Crippen molar-refractivity contribution in [2.24, 2.45) is 7.05 Å². The van der Waals surface area contributed by atoms with Crippen LogP contribution in [0.15, 0.2) is 41.2 Å². The molecule has 1 aromatic heterocycles. The monoisotopic (exact) mass is 327 g/mol. The fourth-order valence-corrected chi connectivity index (χ4v) is 1.80. The number of carbonyl (C=O) groups excluding carboxylic acids is 1. The summed E-state index contributed by atoms with van der Waals surface area (Å²) in [5.74, 6) is 6.41. The average molecular weight is 327 g/mol. The Hall–Kier alpha value is -3.27. The number of hydrogen-bond acceptors (Lipinski definition) is 5. The van der Waals surface area contributed by atoms with Gasteiger partial charge in [-0.15, -0.1) is 0 Å². The number of nitrogens with zero attached hydrogens (tertiary/aromatic N) is 2. The predicted molar refractivity (Wildman–Crippen MR) is 88.1 cm³/mol. The van der Waals surface area contributed by atoms with Gasteiger partial charge in [0.15, 0.2) is 11.5 Å². The molecule has 124 valence electrons. The number of methoxy groups -OCH3 is 1. The minimum atomic E-state index is -0.398. The first kappa shape index (κ1) is 17.1. The molecule has 1 aromatic carbocycles. The summed E-state index contributed by atoms with van der Waals surface area (Å²) in [5, 5.41) is 6.45. The molecule has 7 nitrogen and oxygen atoms in total. The van der Waals surface area contributed by atoms with Gasteiger partial charge < -0.3 is 14.8 Å². The van der Waals surface area contributed by atoms with Crippen molar-refractivity contribution in [2.45, 2.75) is 0 Å². The lowest BCUT2D eigenvalue weighted by atomic mass is 10.3. The number of aryl methyl sites for hydroxylation is 1. The number of carbonyl (C=O) groups is 1.